The molecule has 2 aromatic rings. The van der Waals surface area contributed by atoms with Crippen molar-refractivity contribution in [2.45, 2.75) is 38.4 Å². The Balaban J connectivity index is 1.85. The number of nitrogens with two attached hydrogens (primary N) is 1. The number of fused-ring (bicyclic) bond motifs is 1. The lowest BCUT2D eigenvalue weighted by Crippen LogP contribution is -2.15. The van der Waals surface area contributed by atoms with E-state index < -0.39 is 0 Å². The first-order chi connectivity index (χ1) is 9.24. The molecule has 0 atom stereocenters. The van der Waals surface area contributed by atoms with Gasteiger partial charge in [-0.15, -0.1) is 0 Å². The lowest BCUT2D eigenvalue weighted by molar-refractivity contribution is -0.118. The Labute approximate surface area is 111 Å². The Morgan fingerprint density at radius 1 is 1.53 bits per heavy atom. The van der Waals surface area contributed by atoms with Crippen LogP contribution in [0, 0.1) is 0 Å². The number of rotatable bonds is 6. The van der Waals surface area contributed by atoms with E-state index in [1.54, 1.807) is 6.20 Å². The smallest absolute Gasteiger partial charge is 0.219 e. The van der Waals surface area contributed by atoms with Crippen molar-refractivity contribution >= 4 is 16.9 Å². The molecule has 0 aromatic carbocycles. The standard InChI is InChI=1S/C14H18N4O/c15-13(19)5-7-18-9-10(8-17-11-3-4-11)12-2-1-6-16-14(12)18/h1-2,6,9,11,17H,3-5,7-8H2,(H2,15,19). The zero-order chi connectivity index (χ0) is 13.2. The number of nitrogens with zero attached hydrogens (tertiary/aromatic N) is 2. The summed E-state index contributed by atoms with van der Waals surface area (Å²) in [7, 11) is 0. The van der Waals surface area contributed by atoms with Crippen molar-refractivity contribution in [1.29, 1.82) is 0 Å². The van der Waals surface area contributed by atoms with E-state index >= 15 is 0 Å². The number of hydrogen-bond donors (Lipinski definition) is 2. The first-order valence-electron chi connectivity index (χ1n) is 6.68. The van der Waals surface area contributed by atoms with Crippen molar-refractivity contribution in [3.05, 3.63) is 30.1 Å². The minimum atomic E-state index is -0.282. The van der Waals surface area contributed by atoms with E-state index in [-0.39, 0.29) is 5.91 Å². The monoisotopic (exact) mass is 258 g/mol. The van der Waals surface area contributed by atoms with Crippen LogP contribution >= 0.6 is 0 Å². The van der Waals surface area contributed by atoms with Gasteiger partial charge in [0, 0.05) is 43.3 Å². The number of hydrogen-bond acceptors (Lipinski definition) is 3. The number of aromatic nitrogens is 2. The maximum atomic E-state index is 10.9. The average molecular weight is 258 g/mol. The van der Waals surface area contributed by atoms with Gasteiger partial charge in [-0.3, -0.25) is 4.79 Å². The summed E-state index contributed by atoms with van der Waals surface area (Å²) >= 11 is 0. The van der Waals surface area contributed by atoms with Crippen molar-refractivity contribution in [2.24, 2.45) is 5.73 Å². The molecule has 0 aliphatic heterocycles. The molecule has 3 rings (SSSR count). The molecule has 1 amide bonds. The minimum Gasteiger partial charge on any atom is -0.370 e. The van der Waals surface area contributed by atoms with Crippen LogP contribution in [0.5, 0.6) is 0 Å². The van der Waals surface area contributed by atoms with Gasteiger partial charge in [-0.25, -0.2) is 4.98 Å². The molecule has 0 unspecified atom stereocenters. The van der Waals surface area contributed by atoms with Crippen LogP contribution in [-0.2, 0) is 17.9 Å². The lowest BCUT2D eigenvalue weighted by atomic mass is 10.2. The number of nitrogens with one attached hydrogen (secondary N) is 1. The van der Waals surface area contributed by atoms with Crippen LogP contribution in [0.1, 0.15) is 24.8 Å². The largest absolute Gasteiger partial charge is 0.370 e. The van der Waals surface area contributed by atoms with Crippen molar-refractivity contribution < 1.29 is 4.79 Å². The van der Waals surface area contributed by atoms with Crippen LogP contribution in [-0.4, -0.2) is 21.5 Å². The molecule has 1 aliphatic rings. The summed E-state index contributed by atoms with van der Waals surface area (Å²) in [6.07, 6.45) is 6.75. The van der Waals surface area contributed by atoms with Crippen LogP contribution in [0.2, 0.25) is 0 Å². The summed E-state index contributed by atoms with van der Waals surface area (Å²) in [5.41, 5.74) is 7.38. The van der Waals surface area contributed by atoms with Gasteiger partial charge in [-0.05, 0) is 30.5 Å². The quantitative estimate of drug-likeness (QED) is 0.816. The first-order valence-corrected chi connectivity index (χ1v) is 6.68. The van der Waals surface area contributed by atoms with E-state index in [4.69, 9.17) is 5.73 Å². The molecule has 1 fully saturated rings. The molecule has 3 N–H and O–H groups in total. The molecule has 2 heterocycles. The number of carbonyl (C=O) groups is 1. The van der Waals surface area contributed by atoms with E-state index in [1.807, 2.05) is 10.6 Å². The number of amides is 1. The van der Waals surface area contributed by atoms with Crippen LogP contribution in [0.4, 0.5) is 0 Å². The molecular formula is C14H18N4O. The van der Waals surface area contributed by atoms with Crippen molar-refractivity contribution in [3.8, 4) is 0 Å². The SMILES string of the molecule is NC(=O)CCn1cc(CNC2CC2)c2cccnc21. The Bertz CT molecular complexity index is 601. The molecule has 0 radical (unpaired) electrons. The summed E-state index contributed by atoms with van der Waals surface area (Å²) in [5.74, 6) is -0.282. The predicted molar refractivity (Wildman–Crippen MR) is 73.4 cm³/mol. The van der Waals surface area contributed by atoms with Gasteiger partial charge >= 0.3 is 0 Å². The molecule has 2 aromatic heterocycles. The Hall–Kier alpha value is -1.88. The molecule has 5 nitrogen and oxygen atoms in total. The molecule has 100 valence electrons. The fourth-order valence-corrected chi connectivity index (χ4v) is 2.28. The van der Waals surface area contributed by atoms with Gasteiger partial charge in [0.15, 0.2) is 0 Å². The van der Waals surface area contributed by atoms with Crippen molar-refractivity contribution in [3.63, 3.8) is 0 Å². The molecule has 1 aliphatic carbocycles. The zero-order valence-electron chi connectivity index (χ0n) is 10.8. The molecule has 0 saturated heterocycles. The predicted octanol–water partition coefficient (Wildman–Crippen LogP) is 1.16. The molecule has 19 heavy (non-hydrogen) atoms. The second kappa shape index (κ2) is 5.01. The van der Waals surface area contributed by atoms with Crippen molar-refractivity contribution in [2.75, 3.05) is 0 Å². The van der Waals surface area contributed by atoms with Crippen molar-refractivity contribution in [1.82, 2.24) is 14.9 Å². The summed E-state index contributed by atoms with van der Waals surface area (Å²) in [4.78, 5) is 15.3. The van der Waals surface area contributed by atoms with E-state index in [1.165, 1.54) is 18.4 Å². The fraction of sp³-hybridized carbons (Fsp3) is 0.429. The van der Waals surface area contributed by atoms with Gasteiger partial charge in [0.1, 0.15) is 5.65 Å². The highest BCUT2D eigenvalue weighted by Crippen LogP contribution is 2.23. The van der Waals surface area contributed by atoms with Gasteiger partial charge < -0.3 is 15.6 Å². The molecule has 1 saturated carbocycles. The van der Waals surface area contributed by atoms with E-state index in [0.717, 1.165) is 17.6 Å². The summed E-state index contributed by atoms with van der Waals surface area (Å²) in [5, 5.41) is 4.66. The third kappa shape index (κ3) is 2.76. The van der Waals surface area contributed by atoms with Gasteiger partial charge in [-0.1, -0.05) is 0 Å². The van der Waals surface area contributed by atoms with Crippen LogP contribution in [0.25, 0.3) is 11.0 Å². The lowest BCUT2D eigenvalue weighted by Gasteiger charge is -2.01. The second-order valence-corrected chi connectivity index (χ2v) is 5.09. The van der Waals surface area contributed by atoms with E-state index in [2.05, 4.69) is 22.6 Å². The zero-order valence-corrected chi connectivity index (χ0v) is 10.8. The maximum Gasteiger partial charge on any atom is 0.219 e. The summed E-state index contributed by atoms with van der Waals surface area (Å²) in [6, 6.07) is 4.70. The van der Waals surface area contributed by atoms with Gasteiger partial charge in [0.2, 0.25) is 5.91 Å². The highest BCUT2D eigenvalue weighted by molar-refractivity contribution is 5.80. The van der Waals surface area contributed by atoms with Crippen LogP contribution in [0.3, 0.4) is 0 Å². The third-order valence-corrected chi connectivity index (χ3v) is 3.47. The highest BCUT2D eigenvalue weighted by Gasteiger charge is 2.21. The summed E-state index contributed by atoms with van der Waals surface area (Å²) in [6.45, 7) is 1.45. The van der Waals surface area contributed by atoms with Crippen LogP contribution in [0.15, 0.2) is 24.5 Å². The fourth-order valence-electron chi connectivity index (χ4n) is 2.28. The Morgan fingerprint density at radius 2 is 2.37 bits per heavy atom. The van der Waals surface area contributed by atoms with Gasteiger partial charge in [0.05, 0.1) is 0 Å². The number of aryl methyl sites for hydroxylation is 1. The van der Waals surface area contributed by atoms with Crippen LogP contribution < -0.4 is 11.1 Å². The molecular weight excluding hydrogens is 240 g/mol. The molecule has 5 heteroatoms. The maximum absolute atomic E-state index is 10.9. The Kier molecular flexibility index (Phi) is 3.21. The number of primary amides is 1. The summed E-state index contributed by atoms with van der Waals surface area (Å²) < 4.78 is 2.02. The topological polar surface area (TPSA) is 72.9 Å². The highest BCUT2D eigenvalue weighted by atomic mass is 16.1. The van der Waals surface area contributed by atoms with Gasteiger partial charge in [-0.2, -0.15) is 0 Å². The second-order valence-electron chi connectivity index (χ2n) is 5.09. The van der Waals surface area contributed by atoms with Gasteiger partial charge in [0.25, 0.3) is 0 Å². The van der Waals surface area contributed by atoms with E-state index in [9.17, 15) is 4.79 Å². The number of pyridine rings is 1. The third-order valence-electron chi connectivity index (χ3n) is 3.47. The first kappa shape index (κ1) is 12.2. The molecule has 0 bridgehead atoms. The normalized spacial score (nSPS) is 14.9. The molecule has 0 spiro atoms. The minimum absolute atomic E-state index is 0.282. The number of carbonyl (C=O) groups excluding carboxylic acids is 1. The van der Waals surface area contributed by atoms with E-state index in [0.29, 0.717) is 19.0 Å². The Morgan fingerprint density at radius 3 is 3.11 bits per heavy atom. The average Bonchev–Trinajstić information content (AvgIpc) is 3.16.